The van der Waals surface area contributed by atoms with Gasteiger partial charge in [-0.25, -0.2) is 0 Å². The predicted octanol–water partition coefficient (Wildman–Crippen LogP) is 4.62. The van der Waals surface area contributed by atoms with Crippen LogP contribution in [0.5, 0.6) is 0 Å². The lowest BCUT2D eigenvalue weighted by molar-refractivity contribution is -0.134. The van der Waals surface area contributed by atoms with Crippen LogP contribution >= 0.6 is 0 Å². The lowest BCUT2D eigenvalue weighted by atomic mass is 9.79. The van der Waals surface area contributed by atoms with Crippen molar-refractivity contribution in [2.75, 3.05) is 19.6 Å². The largest absolute Gasteiger partial charge is 0.356 e. The number of nitrogens with one attached hydrogen (secondary N) is 1. The second kappa shape index (κ2) is 10.3. The molecule has 2 heterocycles. The van der Waals surface area contributed by atoms with Crippen molar-refractivity contribution in [3.63, 3.8) is 0 Å². The van der Waals surface area contributed by atoms with Crippen LogP contribution in [0.3, 0.4) is 0 Å². The summed E-state index contributed by atoms with van der Waals surface area (Å²) in [6, 6.07) is 12.4. The Morgan fingerprint density at radius 1 is 1.09 bits per heavy atom. The van der Waals surface area contributed by atoms with Gasteiger partial charge in [-0.15, -0.1) is 0 Å². The van der Waals surface area contributed by atoms with Gasteiger partial charge in [0.2, 0.25) is 11.8 Å². The molecule has 1 unspecified atom stereocenters. The van der Waals surface area contributed by atoms with E-state index in [1.165, 1.54) is 32.1 Å². The van der Waals surface area contributed by atoms with Crippen LogP contribution in [0.1, 0.15) is 57.4 Å². The first-order chi connectivity index (χ1) is 15.6. The molecule has 4 rings (SSSR count). The Hall–Kier alpha value is -2.69. The van der Waals surface area contributed by atoms with Gasteiger partial charge in [-0.1, -0.05) is 43.5 Å². The third kappa shape index (κ3) is 5.20. The van der Waals surface area contributed by atoms with Gasteiger partial charge in [-0.3, -0.25) is 14.6 Å². The molecule has 2 aromatic rings. The Morgan fingerprint density at radius 3 is 2.62 bits per heavy atom. The molecule has 32 heavy (non-hydrogen) atoms. The van der Waals surface area contributed by atoms with E-state index in [4.69, 9.17) is 0 Å². The summed E-state index contributed by atoms with van der Waals surface area (Å²) in [4.78, 5) is 32.4. The van der Waals surface area contributed by atoms with E-state index in [-0.39, 0.29) is 11.8 Å². The molecule has 0 bridgehead atoms. The Bertz CT molecular complexity index is 924. The molecule has 1 aliphatic carbocycles. The Balaban J connectivity index is 1.50. The third-order valence-electron chi connectivity index (χ3n) is 7.20. The lowest BCUT2D eigenvalue weighted by Gasteiger charge is -2.29. The van der Waals surface area contributed by atoms with E-state index in [0.717, 1.165) is 16.7 Å². The maximum Gasteiger partial charge on any atom is 0.228 e. The number of aromatic nitrogens is 1. The van der Waals surface area contributed by atoms with Crippen LogP contribution < -0.4 is 5.32 Å². The van der Waals surface area contributed by atoms with Crippen LogP contribution in [0.4, 0.5) is 0 Å². The minimum Gasteiger partial charge on any atom is -0.356 e. The topological polar surface area (TPSA) is 62.3 Å². The number of rotatable bonds is 7. The van der Waals surface area contributed by atoms with Crippen molar-refractivity contribution in [1.82, 2.24) is 15.2 Å². The van der Waals surface area contributed by atoms with Crippen LogP contribution in [0, 0.1) is 11.3 Å². The quantitative estimate of drug-likeness (QED) is 0.693. The molecule has 1 aliphatic heterocycles. The van der Waals surface area contributed by atoms with Gasteiger partial charge in [0.1, 0.15) is 0 Å². The molecule has 2 aliphatic rings. The first kappa shape index (κ1) is 22.5. The van der Waals surface area contributed by atoms with Gasteiger partial charge >= 0.3 is 0 Å². The third-order valence-corrected chi connectivity index (χ3v) is 7.20. The van der Waals surface area contributed by atoms with Gasteiger partial charge in [0.15, 0.2) is 0 Å². The fourth-order valence-corrected chi connectivity index (χ4v) is 5.41. The molecule has 1 atom stereocenters. The Labute approximate surface area is 191 Å². The number of carbonyl (C=O) groups is 2. The van der Waals surface area contributed by atoms with Crippen LogP contribution in [0.15, 0.2) is 48.8 Å². The molecule has 2 amide bonds. The van der Waals surface area contributed by atoms with E-state index in [2.05, 4.69) is 34.6 Å². The SMILES string of the molecule is CCNC(=O)C1(Cc2cccc(-c3ccncc3)c2)CCN(C(=O)CC2CCCCC2)C1. The number of likely N-dealkylation sites (tertiary alicyclic amines) is 1. The molecule has 0 spiro atoms. The molecule has 1 saturated heterocycles. The maximum absolute atomic E-state index is 13.2. The van der Waals surface area contributed by atoms with Crippen molar-refractivity contribution in [1.29, 1.82) is 0 Å². The molecule has 0 radical (unpaired) electrons. The van der Waals surface area contributed by atoms with Crippen molar-refractivity contribution in [2.45, 2.75) is 58.3 Å². The van der Waals surface area contributed by atoms with Crippen LogP contribution in [0.2, 0.25) is 0 Å². The van der Waals surface area contributed by atoms with E-state index in [1.807, 2.05) is 24.0 Å². The van der Waals surface area contributed by atoms with Gasteiger partial charge in [-0.2, -0.15) is 0 Å². The number of hydrogen-bond acceptors (Lipinski definition) is 3. The average molecular weight is 434 g/mol. The van der Waals surface area contributed by atoms with Crippen molar-refractivity contribution in [3.8, 4) is 11.1 Å². The Kier molecular flexibility index (Phi) is 7.23. The zero-order chi connectivity index (χ0) is 22.4. The smallest absolute Gasteiger partial charge is 0.228 e. The van der Waals surface area contributed by atoms with Crippen molar-refractivity contribution in [3.05, 3.63) is 54.4 Å². The molecule has 1 saturated carbocycles. The van der Waals surface area contributed by atoms with Crippen molar-refractivity contribution in [2.24, 2.45) is 11.3 Å². The first-order valence-corrected chi connectivity index (χ1v) is 12.1. The average Bonchev–Trinajstić information content (AvgIpc) is 3.26. The highest BCUT2D eigenvalue weighted by Crippen LogP contribution is 2.37. The standard InChI is InChI=1S/C27H35N3O2/c1-2-29-26(32)27(13-16-30(20-27)25(31)18-21-7-4-3-5-8-21)19-22-9-6-10-24(17-22)23-11-14-28-15-12-23/h6,9-12,14-15,17,21H,2-5,7-8,13,16,18-20H2,1H3,(H,29,32). The first-order valence-electron chi connectivity index (χ1n) is 12.1. The molecule has 170 valence electrons. The van der Waals surface area contributed by atoms with Crippen LogP contribution in [0.25, 0.3) is 11.1 Å². The van der Waals surface area contributed by atoms with E-state index in [1.54, 1.807) is 12.4 Å². The van der Waals surface area contributed by atoms with Crippen LogP contribution in [-0.4, -0.2) is 41.3 Å². The van der Waals surface area contributed by atoms with Gasteiger partial charge in [-0.05, 0) is 67.3 Å². The summed E-state index contributed by atoms with van der Waals surface area (Å²) in [5.74, 6) is 0.823. The number of pyridine rings is 1. The van der Waals surface area contributed by atoms with E-state index in [0.29, 0.717) is 44.8 Å². The Morgan fingerprint density at radius 2 is 1.88 bits per heavy atom. The molecule has 5 nitrogen and oxygen atoms in total. The maximum atomic E-state index is 13.2. The normalized spacial score (nSPS) is 21.5. The zero-order valence-electron chi connectivity index (χ0n) is 19.2. The number of nitrogens with zero attached hydrogens (tertiary/aromatic N) is 2. The summed E-state index contributed by atoms with van der Waals surface area (Å²) in [6.07, 6.45) is 11.7. The van der Waals surface area contributed by atoms with Gasteiger partial charge in [0.05, 0.1) is 5.41 Å². The fraction of sp³-hybridized carbons (Fsp3) is 0.519. The monoisotopic (exact) mass is 433 g/mol. The fourth-order valence-electron chi connectivity index (χ4n) is 5.41. The lowest BCUT2D eigenvalue weighted by Crippen LogP contribution is -2.45. The van der Waals surface area contributed by atoms with Gasteiger partial charge < -0.3 is 10.2 Å². The van der Waals surface area contributed by atoms with Crippen molar-refractivity contribution < 1.29 is 9.59 Å². The second-order valence-electron chi connectivity index (χ2n) is 9.53. The molecular weight excluding hydrogens is 398 g/mol. The number of hydrogen-bond donors (Lipinski definition) is 1. The van der Waals surface area contributed by atoms with Gasteiger partial charge in [0.25, 0.3) is 0 Å². The van der Waals surface area contributed by atoms with E-state index < -0.39 is 5.41 Å². The zero-order valence-corrected chi connectivity index (χ0v) is 19.2. The number of benzene rings is 1. The summed E-state index contributed by atoms with van der Waals surface area (Å²) in [5.41, 5.74) is 2.81. The molecule has 1 aromatic carbocycles. The highest BCUT2D eigenvalue weighted by Gasteiger charge is 2.45. The minimum absolute atomic E-state index is 0.0716. The van der Waals surface area contributed by atoms with Crippen LogP contribution in [-0.2, 0) is 16.0 Å². The minimum atomic E-state index is -0.560. The molecule has 1 N–H and O–H groups in total. The highest BCUT2D eigenvalue weighted by atomic mass is 16.2. The summed E-state index contributed by atoms with van der Waals surface area (Å²) in [5, 5.41) is 3.05. The summed E-state index contributed by atoms with van der Waals surface area (Å²) >= 11 is 0. The molecule has 1 aromatic heterocycles. The van der Waals surface area contributed by atoms with Crippen molar-refractivity contribution >= 4 is 11.8 Å². The highest BCUT2D eigenvalue weighted by molar-refractivity contribution is 5.86. The van der Waals surface area contributed by atoms with E-state index >= 15 is 0 Å². The predicted molar refractivity (Wildman–Crippen MR) is 127 cm³/mol. The van der Waals surface area contributed by atoms with Gasteiger partial charge in [0, 0.05) is 38.4 Å². The number of amides is 2. The molecular formula is C27H35N3O2. The summed E-state index contributed by atoms with van der Waals surface area (Å²) in [6.45, 7) is 3.75. The summed E-state index contributed by atoms with van der Waals surface area (Å²) in [7, 11) is 0. The second-order valence-corrected chi connectivity index (χ2v) is 9.53. The number of carbonyl (C=O) groups excluding carboxylic acids is 2. The summed E-state index contributed by atoms with van der Waals surface area (Å²) < 4.78 is 0. The molecule has 5 heteroatoms. The van der Waals surface area contributed by atoms with E-state index in [9.17, 15) is 9.59 Å². The molecule has 2 fully saturated rings.